The predicted octanol–water partition coefficient (Wildman–Crippen LogP) is -0.393. The topological polar surface area (TPSA) is 185 Å². The van der Waals surface area contributed by atoms with Gasteiger partial charge in [0.2, 0.25) is 11.8 Å². The van der Waals surface area contributed by atoms with Gasteiger partial charge in [-0.2, -0.15) is 13.2 Å². The van der Waals surface area contributed by atoms with Crippen molar-refractivity contribution in [3.05, 3.63) is 65.0 Å². The summed E-state index contributed by atoms with van der Waals surface area (Å²) in [5.41, 5.74) is 16.5. The van der Waals surface area contributed by atoms with E-state index >= 15 is 0 Å². The van der Waals surface area contributed by atoms with Crippen LogP contribution >= 0.6 is 0 Å². The molecule has 0 aliphatic carbocycles. The van der Waals surface area contributed by atoms with Gasteiger partial charge in [-0.3, -0.25) is 14.4 Å². The maximum absolute atomic E-state index is 14.2. The van der Waals surface area contributed by atoms with Gasteiger partial charge in [0.1, 0.15) is 5.82 Å². The number of alkyl halides is 3. The van der Waals surface area contributed by atoms with E-state index in [0.29, 0.717) is 5.56 Å². The molecule has 0 aliphatic rings. The number of nitrogens with zero attached hydrogens (tertiary/aromatic N) is 1. The highest BCUT2D eigenvalue weighted by Gasteiger charge is 2.30. The number of ketones is 1. The fourth-order valence-electron chi connectivity index (χ4n) is 4.22. The quantitative estimate of drug-likeness (QED) is 0.112. The second-order valence-corrected chi connectivity index (χ2v) is 9.77. The molecule has 2 atom stereocenters. The number of carbonyl (C=O) groups excluding carboxylic acids is 3. The zero-order chi connectivity index (χ0) is 31.4. The Morgan fingerprint density at radius 1 is 0.952 bits per heavy atom. The monoisotopic (exact) mass is 597 g/mol. The maximum Gasteiger partial charge on any atom is 0.491 e. The van der Waals surface area contributed by atoms with Crippen molar-refractivity contribution in [2.45, 2.75) is 50.4 Å². The van der Waals surface area contributed by atoms with E-state index in [1.807, 2.05) is 0 Å². The van der Waals surface area contributed by atoms with Crippen molar-refractivity contribution < 1.29 is 42.0 Å². The largest absolute Gasteiger partial charge is 0.491 e. The summed E-state index contributed by atoms with van der Waals surface area (Å²) in [6.45, 7) is 1.04. The lowest BCUT2D eigenvalue weighted by molar-refractivity contribution is -0.137. The lowest BCUT2D eigenvalue weighted by Gasteiger charge is -2.23. The van der Waals surface area contributed by atoms with Crippen LogP contribution in [0.3, 0.4) is 0 Å². The molecule has 2 rings (SSSR count). The van der Waals surface area contributed by atoms with Gasteiger partial charge in [-0.25, -0.2) is 4.39 Å². The van der Waals surface area contributed by atoms with Gasteiger partial charge in [-0.1, -0.05) is 24.3 Å². The number of carbonyl (C=O) groups is 3. The molecular formula is C27H36BF4N5O5. The Balaban J connectivity index is 2.14. The van der Waals surface area contributed by atoms with Crippen LogP contribution in [0.1, 0.15) is 36.0 Å². The van der Waals surface area contributed by atoms with Gasteiger partial charge in [0, 0.05) is 44.5 Å². The molecule has 0 heterocycles. The number of Topliss-reactive ketones (excluding diaryl/α,β-unsaturated/α-hetero) is 1. The Kier molecular flexibility index (Phi) is 13.5. The minimum Gasteiger partial charge on any atom is -0.423 e. The number of hydrogen-bond donors (Lipinski definition) is 6. The molecule has 0 radical (unpaired) electrons. The Morgan fingerprint density at radius 3 is 2.07 bits per heavy atom. The van der Waals surface area contributed by atoms with Crippen LogP contribution in [0.4, 0.5) is 17.6 Å². The number of hydrogen-bond acceptors (Lipinski definition) is 8. The molecule has 0 saturated carbocycles. The molecule has 0 saturated heterocycles. The third-order valence-electron chi connectivity index (χ3n) is 6.59. The lowest BCUT2D eigenvalue weighted by atomic mass is 9.79. The van der Waals surface area contributed by atoms with Crippen molar-refractivity contribution >= 4 is 30.2 Å². The van der Waals surface area contributed by atoms with Crippen molar-refractivity contribution in [2.24, 2.45) is 17.2 Å². The van der Waals surface area contributed by atoms with Crippen LogP contribution in [0.25, 0.3) is 0 Å². The SMILES string of the molecule is NCCN(CCN)C(=O)CC[C@H](N)C(=O)N[C@H](CCc1ccc(C(F)(F)F)cc1)C(=O)Cc1ccc(B(O)O)c(F)c1. The molecule has 42 heavy (non-hydrogen) atoms. The third kappa shape index (κ3) is 10.8. The van der Waals surface area contributed by atoms with Crippen molar-refractivity contribution in [2.75, 3.05) is 26.2 Å². The summed E-state index contributed by atoms with van der Waals surface area (Å²) in [4.78, 5) is 40.0. The summed E-state index contributed by atoms with van der Waals surface area (Å²) < 4.78 is 52.9. The molecule has 0 aromatic heterocycles. The van der Waals surface area contributed by atoms with Gasteiger partial charge in [-0.05, 0) is 48.6 Å². The fraction of sp³-hybridized carbons (Fsp3) is 0.444. The highest BCUT2D eigenvalue weighted by Crippen LogP contribution is 2.29. The van der Waals surface area contributed by atoms with Gasteiger partial charge in [-0.15, -0.1) is 0 Å². The van der Waals surface area contributed by atoms with Gasteiger partial charge in [0.15, 0.2) is 5.78 Å². The highest BCUT2D eigenvalue weighted by molar-refractivity contribution is 6.58. The molecule has 0 fully saturated rings. The number of rotatable bonds is 16. The van der Waals surface area contributed by atoms with Crippen LogP contribution in [0.5, 0.6) is 0 Å². The normalized spacial score (nSPS) is 12.9. The Hall–Kier alpha value is -3.37. The summed E-state index contributed by atoms with van der Waals surface area (Å²) in [6.07, 6.45) is -4.83. The van der Waals surface area contributed by atoms with E-state index in [-0.39, 0.29) is 75.2 Å². The fourth-order valence-corrected chi connectivity index (χ4v) is 4.22. The molecule has 0 unspecified atom stereocenters. The first-order chi connectivity index (χ1) is 19.8. The Bertz CT molecular complexity index is 1190. The van der Waals surface area contributed by atoms with Crippen molar-refractivity contribution in [1.82, 2.24) is 10.2 Å². The minimum atomic E-state index is -4.51. The minimum absolute atomic E-state index is 0.00170. The summed E-state index contributed by atoms with van der Waals surface area (Å²) in [5.74, 6) is -2.48. The molecule has 2 amide bonds. The Morgan fingerprint density at radius 2 is 1.55 bits per heavy atom. The van der Waals surface area contributed by atoms with Crippen LogP contribution in [0, 0.1) is 5.82 Å². The van der Waals surface area contributed by atoms with Crippen LogP contribution < -0.4 is 28.0 Å². The summed E-state index contributed by atoms with van der Waals surface area (Å²) in [7, 11) is -2.04. The molecule has 0 bridgehead atoms. The van der Waals surface area contributed by atoms with Crippen LogP contribution in [-0.4, -0.2) is 77.9 Å². The van der Waals surface area contributed by atoms with Gasteiger partial charge >= 0.3 is 13.3 Å². The maximum atomic E-state index is 14.2. The lowest BCUT2D eigenvalue weighted by Crippen LogP contribution is -2.49. The summed E-state index contributed by atoms with van der Waals surface area (Å²) >= 11 is 0. The average Bonchev–Trinajstić information content (AvgIpc) is 2.93. The Labute approximate surface area is 241 Å². The predicted molar refractivity (Wildman–Crippen MR) is 149 cm³/mol. The van der Waals surface area contributed by atoms with Crippen molar-refractivity contribution in [1.29, 1.82) is 0 Å². The number of halogens is 4. The van der Waals surface area contributed by atoms with E-state index < -0.39 is 48.4 Å². The average molecular weight is 597 g/mol. The summed E-state index contributed by atoms with van der Waals surface area (Å²) in [5, 5.41) is 21.0. The van der Waals surface area contributed by atoms with Gasteiger partial charge < -0.3 is 37.5 Å². The molecule has 230 valence electrons. The van der Waals surface area contributed by atoms with E-state index in [1.54, 1.807) is 0 Å². The second-order valence-electron chi connectivity index (χ2n) is 9.77. The first-order valence-electron chi connectivity index (χ1n) is 13.3. The molecule has 10 nitrogen and oxygen atoms in total. The smallest absolute Gasteiger partial charge is 0.423 e. The van der Waals surface area contributed by atoms with Crippen LogP contribution in [0.15, 0.2) is 42.5 Å². The zero-order valence-corrected chi connectivity index (χ0v) is 22.9. The first-order valence-corrected chi connectivity index (χ1v) is 13.3. The molecule has 2 aromatic carbocycles. The van der Waals surface area contributed by atoms with E-state index in [0.717, 1.165) is 24.3 Å². The number of aryl methyl sites for hydroxylation is 1. The first kappa shape index (κ1) is 34.8. The number of benzene rings is 2. The second kappa shape index (κ2) is 16.3. The van der Waals surface area contributed by atoms with Crippen LogP contribution in [0.2, 0.25) is 0 Å². The van der Waals surface area contributed by atoms with Gasteiger partial charge in [0.25, 0.3) is 0 Å². The molecule has 0 aliphatic heterocycles. The van der Waals surface area contributed by atoms with Crippen molar-refractivity contribution in [3.63, 3.8) is 0 Å². The number of nitrogens with one attached hydrogen (secondary N) is 1. The molecule has 2 aromatic rings. The number of nitrogens with two attached hydrogens (primary N) is 3. The van der Waals surface area contributed by atoms with Crippen LogP contribution in [-0.2, 0) is 33.4 Å². The molecule has 0 spiro atoms. The number of amides is 2. The molecular weight excluding hydrogens is 561 g/mol. The zero-order valence-electron chi connectivity index (χ0n) is 22.9. The highest BCUT2D eigenvalue weighted by atomic mass is 19.4. The molecule has 9 N–H and O–H groups in total. The van der Waals surface area contributed by atoms with E-state index in [1.165, 1.54) is 23.1 Å². The summed E-state index contributed by atoms with van der Waals surface area (Å²) in [6, 6.07) is 5.48. The van der Waals surface area contributed by atoms with E-state index in [2.05, 4.69) is 5.32 Å². The van der Waals surface area contributed by atoms with Gasteiger partial charge in [0.05, 0.1) is 17.6 Å². The van der Waals surface area contributed by atoms with E-state index in [4.69, 9.17) is 17.2 Å². The third-order valence-corrected chi connectivity index (χ3v) is 6.59. The standard InChI is InChI=1S/C27H36BF4N5O5/c29-21-15-18(3-7-20(21)28(41)42)16-24(38)23(9-4-17-1-5-19(6-2-17)27(30,31)32)36-26(40)22(35)8-10-25(39)37(13-11-33)14-12-34/h1-3,5-7,15,22-23,41-42H,4,8-14,16,33-35H2,(H,36,40)/t22-,23+/m0/s1. The molecule has 15 heteroatoms. The van der Waals surface area contributed by atoms with E-state index in [9.17, 15) is 42.0 Å². The van der Waals surface area contributed by atoms with Crippen molar-refractivity contribution in [3.8, 4) is 0 Å².